The molecular formula is C14H10BrN5. The van der Waals surface area contributed by atoms with Crippen LogP contribution in [-0.2, 0) is 7.05 Å². The van der Waals surface area contributed by atoms with Crippen LogP contribution in [0.2, 0.25) is 0 Å². The maximum Gasteiger partial charge on any atom is 0.145 e. The van der Waals surface area contributed by atoms with Crippen LogP contribution in [0.25, 0.3) is 11.3 Å². The summed E-state index contributed by atoms with van der Waals surface area (Å²) in [5, 5.41) is 24.6. The van der Waals surface area contributed by atoms with Crippen LogP contribution < -0.4 is 5.32 Å². The van der Waals surface area contributed by atoms with Crippen LogP contribution in [0.15, 0.2) is 46.7 Å². The SMILES string of the molecule is Cn1cc(Br)c(-c2cccc(NC=C(C#N)C#N)c2)n1. The summed E-state index contributed by atoms with van der Waals surface area (Å²) in [6, 6.07) is 11.2. The summed E-state index contributed by atoms with van der Waals surface area (Å²) in [4.78, 5) is 0. The number of aryl methyl sites for hydroxylation is 1. The van der Waals surface area contributed by atoms with Gasteiger partial charge in [0.2, 0.25) is 0 Å². The van der Waals surface area contributed by atoms with Gasteiger partial charge >= 0.3 is 0 Å². The first-order chi connectivity index (χ1) is 9.63. The van der Waals surface area contributed by atoms with Crippen LogP contribution >= 0.6 is 15.9 Å². The van der Waals surface area contributed by atoms with Gasteiger partial charge in [-0.25, -0.2) is 0 Å². The molecule has 0 spiro atoms. The molecule has 0 bridgehead atoms. The topological polar surface area (TPSA) is 77.4 Å². The normalized spacial score (nSPS) is 9.40. The van der Waals surface area contributed by atoms with Crippen molar-refractivity contribution >= 4 is 21.6 Å². The highest BCUT2D eigenvalue weighted by atomic mass is 79.9. The molecule has 0 atom stereocenters. The molecule has 0 saturated carbocycles. The van der Waals surface area contributed by atoms with E-state index in [1.54, 1.807) is 16.8 Å². The molecule has 2 aromatic rings. The van der Waals surface area contributed by atoms with Crippen molar-refractivity contribution in [3.63, 3.8) is 0 Å². The quantitative estimate of drug-likeness (QED) is 0.878. The van der Waals surface area contributed by atoms with E-state index in [-0.39, 0.29) is 5.57 Å². The van der Waals surface area contributed by atoms with Crippen LogP contribution in [0.5, 0.6) is 0 Å². The van der Waals surface area contributed by atoms with E-state index in [0.29, 0.717) is 0 Å². The van der Waals surface area contributed by atoms with E-state index < -0.39 is 0 Å². The predicted molar refractivity (Wildman–Crippen MR) is 79.3 cm³/mol. The van der Waals surface area contributed by atoms with Gasteiger partial charge in [-0.05, 0) is 28.1 Å². The molecule has 0 aliphatic rings. The van der Waals surface area contributed by atoms with Gasteiger partial charge in [0, 0.05) is 30.7 Å². The van der Waals surface area contributed by atoms with Crippen LogP contribution in [0.4, 0.5) is 5.69 Å². The molecule has 1 N–H and O–H groups in total. The Morgan fingerprint density at radius 3 is 2.75 bits per heavy atom. The Morgan fingerprint density at radius 2 is 2.15 bits per heavy atom. The molecular weight excluding hydrogens is 318 g/mol. The molecule has 1 aromatic carbocycles. The van der Waals surface area contributed by atoms with Gasteiger partial charge in [0.1, 0.15) is 23.4 Å². The van der Waals surface area contributed by atoms with Crippen LogP contribution in [0.3, 0.4) is 0 Å². The smallest absolute Gasteiger partial charge is 0.145 e. The molecule has 0 radical (unpaired) electrons. The fourth-order valence-electron chi connectivity index (χ4n) is 1.66. The lowest BCUT2D eigenvalue weighted by molar-refractivity contribution is 0.770. The van der Waals surface area contributed by atoms with E-state index in [1.165, 1.54) is 6.20 Å². The van der Waals surface area contributed by atoms with E-state index in [9.17, 15) is 0 Å². The predicted octanol–water partition coefficient (Wildman–Crippen LogP) is 3.19. The van der Waals surface area contributed by atoms with Crippen LogP contribution in [0, 0.1) is 22.7 Å². The third kappa shape index (κ3) is 3.05. The molecule has 2 rings (SSSR count). The second-order valence-electron chi connectivity index (χ2n) is 4.01. The first-order valence-corrected chi connectivity index (χ1v) is 6.50. The number of hydrogen-bond donors (Lipinski definition) is 1. The van der Waals surface area contributed by atoms with Crippen LogP contribution in [0.1, 0.15) is 0 Å². The molecule has 0 unspecified atom stereocenters. The highest BCUT2D eigenvalue weighted by Gasteiger charge is 2.07. The molecule has 0 amide bonds. The van der Waals surface area contributed by atoms with Gasteiger partial charge in [-0.3, -0.25) is 4.68 Å². The molecule has 20 heavy (non-hydrogen) atoms. The Morgan fingerprint density at radius 1 is 1.40 bits per heavy atom. The van der Waals surface area contributed by atoms with Crippen molar-refractivity contribution in [2.75, 3.05) is 5.32 Å². The lowest BCUT2D eigenvalue weighted by Crippen LogP contribution is -1.91. The van der Waals surface area contributed by atoms with E-state index in [0.717, 1.165) is 21.4 Å². The molecule has 0 fully saturated rings. The fraction of sp³-hybridized carbons (Fsp3) is 0.0714. The molecule has 5 nitrogen and oxygen atoms in total. The first kappa shape index (κ1) is 13.9. The van der Waals surface area contributed by atoms with Crippen molar-refractivity contribution in [1.29, 1.82) is 10.5 Å². The van der Waals surface area contributed by atoms with Gasteiger partial charge in [0.15, 0.2) is 0 Å². The Balaban J connectivity index is 2.30. The van der Waals surface area contributed by atoms with Gasteiger partial charge in [-0.1, -0.05) is 12.1 Å². The number of rotatable bonds is 3. The Hall–Kier alpha value is -2.57. The Labute approximate surface area is 124 Å². The van der Waals surface area contributed by atoms with Crippen molar-refractivity contribution in [1.82, 2.24) is 9.78 Å². The number of hydrogen-bond acceptors (Lipinski definition) is 4. The maximum atomic E-state index is 8.68. The zero-order valence-electron chi connectivity index (χ0n) is 10.6. The lowest BCUT2D eigenvalue weighted by Gasteiger charge is -2.03. The summed E-state index contributed by atoms with van der Waals surface area (Å²) < 4.78 is 2.63. The van der Waals surface area contributed by atoms with Gasteiger partial charge in [0.05, 0.1) is 4.47 Å². The van der Waals surface area contributed by atoms with Gasteiger partial charge < -0.3 is 5.32 Å². The zero-order valence-corrected chi connectivity index (χ0v) is 12.2. The Kier molecular flexibility index (Phi) is 4.19. The van der Waals surface area contributed by atoms with E-state index in [2.05, 4.69) is 26.3 Å². The Bertz CT molecular complexity index is 730. The van der Waals surface area contributed by atoms with E-state index in [4.69, 9.17) is 10.5 Å². The number of anilines is 1. The van der Waals surface area contributed by atoms with Crippen molar-refractivity contribution in [2.45, 2.75) is 0 Å². The van der Waals surface area contributed by atoms with Crippen LogP contribution in [-0.4, -0.2) is 9.78 Å². The number of halogens is 1. The summed E-state index contributed by atoms with van der Waals surface area (Å²) in [6.07, 6.45) is 3.26. The second-order valence-corrected chi connectivity index (χ2v) is 4.86. The number of nitrogens with zero attached hydrogens (tertiary/aromatic N) is 4. The molecule has 0 aliphatic heterocycles. The summed E-state index contributed by atoms with van der Waals surface area (Å²) in [5.41, 5.74) is 2.57. The second kappa shape index (κ2) is 6.05. The minimum atomic E-state index is 0.0226. The molecule has 0 aliphatic carbocycles. The van der Waals surface area contributed by atoms with E-state index >= 15 is 0 Å². The fourth-order valence-corrected chi connectivity index (χ4v) is 2.26. The molecule has 0 saturated heterocycles. The van der Waals surface area contributed by atoms with Crippen molar-refractivity contribution in [2.24, 2.45) is 7.05 Å². The standard InChI is InChI=1S/C14H10BrN5/c1-20-9-13(15)14(19-20)11-3-2-4-12(5-11)18-8-10(6-16)7-17/h2-5,8-9,18H,1H3. The number of nitrogens with one attached hydrogen (secondary N) is 1. The summed E-state index contributed by atoms with van der Waals surface area (Å²) >= 11 is 3.46. The average Bonchev–Trinajstić information content (AvgIpc) is 2.79. The van der Waals surface area contributed by atoms with Crippen molar-refractivity contribution in [3.05, 3.63) is 46.7 Å². The monoisotopic (exact) mass is 327 g/mol. The highest BCUT2D eigenvalue weighted by molar-refractivity contribution is 9.10. The van der Waals surface area contributed by atoms with Crippen molar-refractivity contribution < 1.29 is 0 Å². The average molecular weight is 328 g/mol. The minimum Gasteiger partial charge on any atom is -0.360 e. The summed E-state index contributed by atoms with van der Waals surface area (Å²) in [6.45, 7) is 0. The molecule has 1 heterocycles. The van der Waals surface area contributed by atoms with E-state index in [1.807, 2.05) is 37.5 Å². The molecule has 1 aromatic heterocycles. The molecule has 6 heteroatoms. The van der Waals surface area contributed by atoms with Gasteiger partial charge in [-0.2, -0.15) is 15.6 Å². The highest BCUT2D eigenvalue weighted by Crippen LogP contribution is 2.28. The molecule has 98 valence electrons. The zero-order chi connectivity index (χ0) is 14.5. The number of benzene rings is 1. The van der Waals surface area contributed by atoms with Gasteiger partial charge in [0.25, 0.3) is 0 Å². The number of aromatic nitrogens is 2. The minimum absolute atomic E-state index is 0.0226. The number of allylic oxidation sites excluding steroid dienone is 1. The third-order valence-electron chi connectivity index (χ3n) is 2.54. The third-order valence-corrected chi connectivity index (χ3v) is 3.12. The number of nitriles is 2. The van der Waals surface area contributed by atoms with Crippen molar-refractivity contribution in [3.8, 4) is 23.4 Å². The summed E-state index contributed by atoms with van der Waals surface area (Å²) in [7, 11) is 1.85. The maximum absolute atomic E-state index is 8.68. The lowest BCUT2D eigenvalue weighted by atomic mass is 10.1. The largest absolute Gasteiger partial charge is 0.360 e. The first-order valence-electron chi connectivity index (χ1n) is 5.70. The summed E-state index contributed by atoms with van der Waals surface area (Å²) in [5.74, 6) is 0. The van der Waals surface area contributed by atoms with Gasteiger partial charge in [-0.15, -0.1) is 0 Å².